The number of carbonyl (C=O) groups excluding carboxylic acids is 2. The number of nitrogen functional groups attached to an aromatic ring is 1. The quantitative estimate of drug-likeness (QED) is 0.823. The molecule has 2 amide bonds. The van der Waals surface area contributed by atoms with Crippen LogP contribution in [0.25, 0.3) is 0 Å². The van der Waals surface area contributed by atoms with E-state index in [1.807, 2.05) is 49.1 Å². The monoisotopic (exact) mass is 387 g/mol. The molecular formula is C21H26ClN3O2. The number of piperazine rings is 1. The van der Waals surface area contributed by atoms with Crippen molar-refractivity contribution in [3.63, 3.8) is 0 Å². The summed E-state index contributed by atoms with van der Waals surface area (Å²) in [6, 6.07) is 13.4. The third-order valence-corrected chi connectivity index (χ3v) is 4.89. The smallest absolute Gasteiger partial charge is 0.254 e. The lowest BCUT2D eigenvalue weighted by Crippen LogP contribution is -2.51. The number of carbonyl (C=O) groups is 2. The molecule has 0 spiro atoms. The Hall–Kier alpha value is -2.53. The Morgan fingerprint density at radius 2 is 1.52 bits per heavy atom. The molecule has 2 aromatic rings. The van der Waals surface area contributed by atoms with Crippen LogP contribution in [-0.4, -0.2) is 47.8 Å². The summed E-state index contributed by atoms with van der Waals surface area (Å²) in [6.45, 7) is 6.17. The normalized spacial score (nSPS) is 13.9. The minimum atomic E-state index is -0.0135. The molecule has 3 rings (SSSR count). The Bertz CT molecular complexity index is 813. The molecule has 27 heavy (non-hydrogen) atoms. The van der Waals surface area contributed by atoms with Crippen LogP contribution >= 0.6 is 12.4 Å². The molecule has 2 N–H and O–H groups in total. The highest BCUT2D eigenvalue weighted by molar-refractivity contribution is 5.96. The maximum Gasteiger partial charge on any atom is 0.254 e. The first-order chi connectivity index (χ1) is 12.4. The van der Waals surface area contributed by atoms with E-state index >= 15 is 0 Å². The average molecular weight is 388 g/mol. The highest BCUT2D eigenvalue weighted by atomic mass is 35.5. The number of amides is 2. The Balaban J connectivity index is 0.00000261. The molecule has 1 heterocycles. The molecule has 0 bridgehead atoms. The molecule has 5 nitrogen and oxygen atoms in total. The SMILES string of the molecule is Cc1ccc(CC(=O)N2CCN(C(=O)c3cc(N)ccc3C)CC2)cc1.Cl. The van der Waals surface area contributed by atoms with Crippen molar-refractivity contribution in [1.82, 2.24) is 9.80 Å². The molecule has 0 unspecified atom stereocenters. The van der Waals surface area contributed by atoms with Crippen molar-refractivity contribution in [2.24, 2.45) is 0 Å². The van der Waals surface area contributed by atoms with Gasteiger partial charge in [0.2, 0.25) is 5.91 Å². The van der Waals surface area contributed by atoms with Crippen molar-refractivity contribution in [3.05, 3.63) is 64.7 Å². The summed E-state index contributed by atoms with van der Waals surface area (Å²) in [5.41, 5.74) is 10.2. The van der Waals surface area contributed by atoms with E-state index in [0.29, 0.717) is 43.9 Å². The predicted molar refractivity (Wildman–Crippen MR) is 110 cm³/mol. The molecule has 1 fully saturated rings. The highest BCUT2D eigenvalue weighted by Crippen LogP contribution is 2.17. The number of rotatable bonds is 3. The van der Waals surface area contributed by atoms with Gasteiger partial charge in [-0.15, -0.1) is 12.4 Å². The fourth-order valence-corrected chi connectivity index (χ4v) is 3.19. The zero-order valence-corrected chi connectivity index (χ0v) is 16.6. The minimum absolute atomic E-state index is 0. The van der Waals surface area contributed by atoms with Crippen LogP contribution in [0.4, 0.5) is 5.69 Å². The van der Waals surface area contributed by atoms with Crippen LogP contribution in [0.15, 0.2) is 42.5 Å². The van der Waals surface area contributed by atoms with Crippen LogP contribution in [0.2, 0.25) is 0 Å². The van der Waals surface area contributed by atoms with E-state index in [9.17, 15) is 9.59 Å². The Kier molecular flexibility index (Phi) is 6.86. The van der Waals surface area contributed by atoms with Gasteiger partial charge in [0, 0.05) is 37.4 Å². The molecule has 1 aliphatic heterocycles. The number of hydrogen-bond donors (Lipinski definition) is 1. The Morgan fingerprint density at radius 1 is 0.926 bits per heavy atom. The molecule has 144 valence electrons. The molecule has 1 saturated heterocycles. The lowest BCUT2D eigenvalue weighted by molar-refractivity contribution is -0.131. The van der Waals surface area contributed by atoms with Gasteiger partial charge in [-0.3, -0.25) is 9.59 Å². The minimum Gasteiger partial charge on any atom is -0.399 e. The average Bonchev–Trinajstić information content (AvgIpc) is 2.65. The van der Waals surface area contributed by atoms with Crippen molar-refractivity contribution in [1.29, 1.82) is 0 Å². The van der Waals surface area contributed by atoms with Gasteiger partial charge in [0.15, 0.2) is 0 Å². The van der Waals surface area contributed by atoms with E-state index in [1.54, 1.807) is 17.0 Å². The van der Waals surface area contributed by atoms with Crippen molar-refractivity contribution >= 4 is 29.9 Å². The van der Waals surface area contributed by atoms with Crippen LogP contribution in [0, 0.1) is 13.8 Å². The van der Waals surface area contributed by atoms with Gasteiger partial charge in [-0.2, -0.15) is 0 Å². The van der Waals surface area contributed by atoms with Gasteiger partial charge >= 0.3 is 0 Å². The second-order valence-corrected chi connectivity index (χ2v) is 6.91. The molecule has 0 radical (unpaired) electrons. The van der Waals surface area contributed by atoms with E-state index in [0.717, 1.165) is 11.1 Å². The van der Waals surface area contributed by atoms with Gasteiger partial charge in [-0.25, -0.2) is 0 Å². The molecule has 0 aliphatic carbocycles. The van der Waals surface area contributed by atoms with Gasteiger partial charge < -0.3 is 15.5 Å². The first-order valence-corrected chi connectivity index (χ1v) is 8.93. The number of benzene rings is 2. The van der Waals surface area contributed by atoms with Crippen molar-refractivity contribution in [2.75, 3.05) is 31.9 Å². The van der Waals surface area contributed by atoms with E-state index < -0.39 is 0 Å². The number of hydrogen-bond acceptors (Lipinski definition) is 3. The zero-order chi connectivity index (χ0) is 18.7. The summed E-state index contributed by atoms with van der Waals surface area (Å²) in [4.78, 5) is 28.9. The zero-order valence-electron chi connectivity index (χ0n) is 15.8. The van der Waals surface area contributed by atoms with Crippen molar-refractivity contribution in [2.45, 2.75) is 20.3 Å². The number of aryl methyl sites for hydroxylation is 2. The van der Waals surface area contributed by atoms with Gasteiger partial charge in [0.25, 0.3) is 5.91 Å². The highest BCUT2D eigenvalue weighted by Gasteiger charge is 2.25. The number of nitrogens with zero attached hydrogens (tertiary/aromatic N) is 2. The summed E-state index contributed by atoms with van der Waals surface area (Å²) in [7, 11) is 0. The second kappa shape index (κ2) is 8.91. The second-order valence-electron chi connectivity index (χ2n) is 6.91. The largest absolute Gasteiger partial charge is 0.399 e. The van der Waals surface area contributed by atoms with E-state index in [1.165, 1.54) is 5.56 Å². The standard InChI is InChI=1S/C21H25N3O2.ClH/c1-15-3-6-17(7-4-15)13-20(25)23-9-11-24(12-10-23)21(26)19-14-18(22)8-5-16(19)2;/h3-8,14H,9-13,22H2,1-2H3;1H. The number of nitrogens with two attached hydrogens (primary N) is 1. The van der Waals surface area contributed by atoms with Crippen LogP contribution in [0.1, 0.15) is 27.0 Å². The first kappa shape index (κ1) is 20.8. The molecule has 0 aromatic heterocycles. The van der Waals surface area contributed by atoms with Gasteiger partial charge in [0.05, 0.1) is 6.42 Å². The van der Waals surface area contributed by atoms with E-state index in [-0.39, 0.29) is 24.2 Å². The molecule has 1 aliphatic rings. The van der Waals surface area contributed by atoms with Gasteiger partial charge in [-0.05, 0) is 37.1 Å². The lowest BCUT2D eigenvalue weighted by Gasteiger charge is -2.35. The van der Waals surface area contributed by atoms with Gasteiger partial charge in [-0.1, -0.05) is 35.9 Å². The van der Waals surface area contributed by atoms with Crippen LogP contribution in [-0.2, 0) is 11.2 Å². The van der Waals surface area contributed by atoms with E-state index in [2.05, 4.69) is 0 Å². The molecular weight excluding hydrogens is 362 g/mol. The van der Waals surface area contributed by atoms with Crippen molar-refractivity contribution in [3.8, 4) is 0 Å². The molecule has 2 aromatic carbocycles. The van der Waals surface area contributed by atoms with Crippen LogP contribution < -0.4 is 5.73 Å². The maximum absolute atomic E-state index is 12.7. The Morgan fingerprint density at radius 3 is 2.15 bits per heavy atom. The molecule has 0 atom stereocenters. The first-order valence-electron chi connectivity index (χ1n) is 8.93. The fraction of sp³-hybridized carbons (Fsp3) is 0.333. The summed E-state index contributed by atoms with van der Waals surface area (Å²) in [5, 5.41) is 0. The van der Waals surface area contributed by atoms with Crippen molar-refractivity contribution < 1.29 is 9.59 Å². The van der Waals surface area contributed by atoms with Gasteiger partial charge in [0.1, 0.15) is 0 Å². The summed E-state index contributed by atoms with van der Waals surface area (Å²) >= 11 is 0. The maximum atomic E-state index is 12.7. The lowest BCUT2D eigenvalue weighted by atomic mass is 10.1. The Labute approximate surface area is 166 Å². The summed E-state index contributed by atoms with van der Waals surface area (Å²) in [6.07, 6.45) is 0.405. The fourth-order valence-electron chi connectivity index (χ4n) is 3.19. The molecule has 0 saturated carbocycles. The number of anilines is 1. The summed E-state index contributed by atoms with van der Waals surface area (Å²) < 4.78 is 0. The molecule has 6 heteroatoms. The predicted octanol–water partition coefficient (Wildman–Crippen LogP) is 2.83. The van der Waals surface area contributed by atoms with Crippen LogP contribution in [0.3, 0.4) is 0 Å². The third kappa shape index (κ3) is 5.01. The summed E-state index contributed by atoms with van der Waals surface area (Å²) in [5.74, 6) is 0.0986. The number of halogens is 1. The topological polar surface area (TPSA) is 66.6 Å². The van der Waals surface area contributed by atoms with E-state index in [4.69, 9.17) is 5.73 Å². The third-order valence-electron chi connectivity index (χ3n) is 4.89. The van der Waals surface area contributed by atoms with Crippen LogP contribution in [0.5, 0.6) is 0 Å².